The summed E-state index contributed by atoms with van der Waals surface area (Å²) < 4.78 is 0. The molecule has 3 nitrogen and oxygen atoms in total. The average Bonchev–Trinajstić information content (AvgIpc) is 2.10. The zero-order valence-electron chi connectivity index (χ0n) is 6.34. The number of aliphatic hydroxyl groups excluding tert-OH is 1. The van der Waals surface area contributed by atoms with Gasteiger partial charge in [-0.15, -0.1) is 0 Å². The van der Waals surface area contributed by atoms with Crippen molar-refractivity contribution in [2.24, 2.45) is 5.92 Å². The van der Waals surface area contributed by atoms with Crippen LogP contribution in [0, 0.1) is 5.92 Å². The lowest BCUT2D eigenvalue weighted by Crippen LogP contribution is -2.30. The molecule has 0 spiro atoms. The number of aldehydes is 1. The summed E-state index contributed by atoms with van der Waals surface area (Å²) in [6.45, 7) is 1.98. The van der Waals surface area contributed by atoms with Crippen LogP contribution < -0.4 is 5.32 Å². The summed E-state index contributed by atoms with van der Waals surface area (Å²) in [5, 5.41) is 10.2. The lowest BCUT2D eigenvalue weighted by atomic mass is 10.0. The molecule has 0 amide bonds. The van der Waals surface area contributed by atoms with Crippen molar-refractivity contribution in [1.29, 1.82) is 0 Å². The van der Waals surface area contributed by atoms with E-state index in [4.69, 9.17) is 5.11 Å². The molecular weight excluding hydrogens is 130 g/mol. The van der Waals surface area contributed by atoms with Crippen molar-refractivity contribution < 1.29 is 9.90 Å². The largest absolute Gasteiger partial charge is 0.400 e. The third-order valence-electron chi connectivity index (χ3n) is 1.53. The molecule has 1 atom stereocenters. The molecule has 0 bridgehead atoms. The van der Waals surface area contributed by atoms with Crippen molar-refractivity contribution in [2.45, 2.75) is 12.8 Å². The highest BCUT2D eigenvalue weighted by Gasteiger charge is 2.09. The molecule has 0 aromatic carbocycles. The van der Waals surface area contributed by atoms with Crippen molar-refractivity contribution in [3.63, 3.8) is 0 Å². The number of hydrogen-bond acceptors (Lipinski definition) is 3. The normalized spacial score (nSPS) is 24.4. The van der Waals surface area contributed by atoms with E-state index in [-0.39, 0.29) is 0 Å². The smallest absolute Gasteiger partial charge is 0.124 e. The van der Waals surface area contributed by atoms with Gasteiger partial charge in [0, 0.05) is 19.6 Å². The fourth-order valence-electron chi connectivity index (χ4n) is 0.995. The van der Waals surface area contributed by atoms with Gasteiger partial charge in [0.15, 0.2) is 0 Å². The first-order chi connectivity index (χ1) is 4.93. The fourth-order valence-corrected chi connectivity index (χ4v) is 0.995. The molecule has 0 saturated carbocycles. The zero-order chi connectivity index (χ0) is 7.82. The second-order valence-corrected chi connectivity index (χ2v) is 2.24. The zero-order valence-corrected chi connectivity index (χ0v) is 6.34. The van der Waals surface area contributed by atoms with Gasteiger partial charge in [-0.3, -0.25) is 0 Å². The molecule has 1 aliphatic heterocycles. The predicted octanol–water partition coefficient (Wildman–Crippen LogP) is -0.207. The predicted molar refractivity (Wildman–Crippen MR) is 39.8 cm³/mol. The van der Waals surface area contributed by atoms with Gasteiger partial charge in [-0.1, -0.05) is 0 Å². The highest BCUT2D eigenvalue weighted by atomic mass is 16.2. The van der Waals surface area contributed by atoms with E-state index in [9.17, 15) is 4.79 Å². The maximum atomic E-state index is 10.1. The third kappa shape index (κ3) is 3.58. The Hall–Kier alpha value is -0.410. The molecule has 0 aliphatic carbocycles. The van der Waals surface area contributed by atoms with Gasteiger partial charge in [0.1, 0.15) is 6.29 Å². The number of carbonyl (C=O) groups excluding carboxylic acids is 1. The number of nitrogens with one attached hydrogen (secondary N) is 1. The van der Waals surface area contributed by atoms with Crippen molar-refractivity contribution in [3.8, 4) is 0 Å². The average molecular weight is 145 g/mol. The van der Waals surface area contributed by atoms with Gasteiger partial charge in [0.05, 0.1) is 0 Å². The number of aliphatic hydroxyl groups is 1. The molecule has 1 unspecified atom stereocenters. The van der Waals surface area contributed by atoms with E-state index in [0.29, 0.717) is 5.92 Å². The van der Waals surface area contributed by atoms with Crippen LogP contribution in [0.3, 0.4) is 0 Å². The Bertz CT molecular complexity index is 79.7. The van der Waals surface area contributed by atoms with Gasteiger partial charge in [-0.05, 0) is 19.4 Å². The summed E-state index contributed by atoms with van der Waals surface area (Å²) >= 11 is 0. The van der Waals surface area contributed by atoms with E-state index in [2.05, 4.69) is 5.32 Å². The van der Waals surface area contributed by atoms with E-state index in [0.717, 1.165) is 39.3 Å². The topological polar surface area (TPSA) is 49.3 Å². The first-order valence-corrected chi connectivity index (χ1v) is 3.54. The minimum Gasteiger partial charge on any atom is -0.400 e. The lowest BCUT2D eigenvalue weighted by Gasteiger charge is -2.16. The summed E-state index contributed by atoms with van der Waals surface area (Å²) in [5.41, 5.74) is 0. The van der Waals surface area contributed by atoms with E-state index in [1.54, 1.807) is 0 Å². The van der Waals surface area contributed by atoms with Gasteiger partial charge in [-0.25, -0.2) is 0 Å². The fraction of sp³-hybridized carbons (Fsp3) is 0.857. The summed E-state index contributed by atoms with van der Waals surface area (Å²) in [6, 6.07) is 0. The van der Waals surface area contributed by atoms with Crippen LogP contribution in [0.5, 0.6) is 0 Å². The van der Waals surface area contributed by atoms with Crippen LogP contribution in [0.1, 0.15) is 12.8 Å². The Morgan fingerprint density at radius 2 is 2.30 bits per heavy atom. The van der Waals surface area contributed by atoms with Crippen molar-refractivity contribution in [3.05, 3.63) is 0 Å². The summed E-state index contributed by atoms with van der Waals surface area (Å²) in [6.07, 6.45) is 3.28. The molecule has 0 aromatic heterocycles. The van der Waals surface area contributed by atoms with E-state index in [1.807, 2.05) is 0 Å². The quantitative estimate of drug-likeness (QED) is 0.502. The Labute approximate surface area is 61.4 Å². The van der Waals surface area contributed by atoms with Gasteiger partial charge in [-0.2, -0.15) is 0 Å². The SMILES string of the molecule is CO.O=CC1CCCNC1. The number of hydrogen-bond donors (Lipinski definition) is 2. The van der Waals surface area contributed by atoms with Crippen molar-refractivity contribution in [2.75, 3.05) is 20.2 Å². The minimum absolute atomic E-state index is 0.295. The van der Waals surface area contributed by atoms with Crippen LogP contribution in [0.4, 0.5) is 0 Å². The second kappa shape index (κ2) is 6.71. The molecule has 10 heavy (non-hydrogen) atoms. The molecular formula is C7H15NO2. The molecule has 1 heterocycles. The van der Waals surface area contributed by atoms with Crippen LogP contribution >= 0.6 is 0 Å². The van der Waals surface area contributed by atoms with Gasteiger partial charge < -0.3 is 15.2 Å². The van der Waals surface area contributed by atoms with Crippen LogP contribution in [0.15, 0.2) is 0 Å². The first kappa shape index (κ1) is 9.59. The van der Waals surface area contributed by atoms with Crippen LogP contribution in [0.2, 0.25) is 0 Å². The van der Waals surface area contributed by atoms with Crippen LogP contribution in [-0.2, 0) is 4.79 Å². The maximum Gasteiger partial charge on any atom is 0.124 e. The van der Waals surface area contributed by atoms with Gasteiger partial charge in [0.2, 0.25) is 0 Å². The highest BCUT2D eigenvalue weighted by Crippen LogP contribution is 2.05. The molecule has 1 aliphatic rings. The Kier molecular flexibility index (Phi) is 6.43. The van der Waals surface area contributed by atoms with Gasteiger partial charge in [0.25, 0.3) is 0 Å². The van der Waals surface area contributed by atoms with Crippen molar-refractivity contribution >= 4 is 6.29 Å². The number of carbonyl (C=O) groups is 1. The second-order valence-electron chi connectivity index (χ2n) is 2.24. The third-order valence-corrected chi connectivity index (χ3v) is 1.53. The molecule has 1 fully saturated rings. The van der Waals surface area contributed by atoms with E-state index >= 15 is 0 Å². The monoisotopic (exact) mass is 145 g/mol. The Morgan fingerprint density at radius 3 is 2.60 bits per heavy atom. The van der Waals surface area contributed by atoms with E-state index in [1.165, 1.54) is 0 Å². The minimum atomic E-state index is 0.295. The summed E-state index contributed by atoms with van der Waals surface area (Å²) in [4.78, 5) is 10.1. The van der Waals surface area contributed by atoms with E-state index < -0.39 is 0 Å². The summed E-state index contributed by atoms with van der Waals surface area (Å²) in [5.74, 6) is 0.295. The summed E-state index contributed by atoms with van der Waals surface area (Å²) in [7, 11) is 1.00. The van der Waals surface area contributed by atoms with Gasteiger partial charge >= 0.3 is 0 Å². The van der Waals surface area contributed by atoms with Crippen LogP contribution in [0.25, 0.3) is 0 Å². The molecule has 0 aromatic rings. The molecule has 1 rings (SSSR count). The number of piperidine rings is 1. The Morgan fingerprint density at radius 1 is 1.60 bits per heavy atom. The highest BCUT2D eigenvalue weighted by molar-refractivity contribution is 5.53. The maximum absolute atomic E-state index is 10.1. The Balaban J connectivity index is 0.000000371. The molecule has 1 saturated heterocycles. The molecule has 60 valence electrons. The van der Waals surface area contributed by atoms with Crippen molar-refractivity contribution in [1.82, 2.24) is 5.32 Å². The van der Waals surface area contributed by atoms with Crippen LogP contribution in [-0.4, -0.2) is 31.6 Å². The number of rotatable bonds is 1. The standard InChI is InChI=1S/C6H11NO.CH4O/c8-5-6-2-1-3-7-4-6;1-2/h5-7H,1-4H2;2H,1H3. The first-order valence-electron chi connectivity index (χ1n) is 3.54. The molecule has 0 radical (unpaired) electrons. The molecule has 2 N–H and O–H groups in total. The lowest BCUT2D eigenvalue weighted by molar-refractivity contribution is -0.111. The molecule has 3 heteroatoms.